The Morgan fingerprint density at radius 1 is 1.25 bits per heavy atom. The minimum absolute atomic E-state index is 0.178. The maximum absolute atomic E-state index is 12.2. The largest absolute Gasteiger partial charge is 0.328 e. The summed E-state index contributed by atoms with van der Waals surface area (Å²) in [4.78, 5) is 0. The molecule has 2 saturated heterocycles. The third kappa shape index (κ3) is 2.26. The van der Waals surface area contributed by atoms with E-state index in [1.54, 1.807) is 4.31 Å². The Labute approximate surface area is 98.2 Å². The van der Waals surface area contributed by atoms with Crippen LogP contribution in [0, 0.1) is 5.92 Å². The van der Waals surface area contributed by atoms with E-state index in [-0.39, 0.29) is 29.8 Å². The first-order valence-corrected chi connectivity index (χ1v) is 7.78. The molecule has 2 unspecified atom stereocenters. The van der Waals surface area contributed by atoms with Crippen LogP contribution in [0.25, 0.3) is 0 Å². The van der Waals surface area contributed by atoms with Gasteiger partial charge in [-0.05, 0) is 31.6 Å². The summed E-state index contributed by atoms with van der Waals surface area (Å²) in [6.07, 6.45) is 3.67. The van der Waals surface area contributed by atoms with Crippen LogP contribution in [0.15, 0.2) is 0 Å². The first kappa shape index (κ1) is 12.3. The maximum atomic E-state index is 12.2. The molecule has 0 aromatic heterocycles. The Kier molecular flexibility index (Phi) is 3.29. The molecule has 94 valence electrons. The predicted octanol–water partition coefficient (Wildman–Crippen LogP) is 0.926. The van der Waals surface area contributed by atoms with Crippen LogP contribution in [0.2, 0.25) is 0 Å². The van der Waals surface area contributed by atoms with E-state index in [0.29, 0.717) is 0 Å². The van der Waals surface area contributed by atoms with Crippen LogP contribution < -0.4 is 5.73 Å². The summed E-state index contributed by atoms with van der Waals surface area (Å²) < 4.78 is 26.3. The highest BCUT2D eigenvalue weighted by atomic mass is 32.2. The third-order valence-corrected chi connectivity index (χ3v) is 5.89. The number of nitrogens with zero attached hydrogens (tertiary/aromatic N) is 1. The van der Waals surface area contributed by atoms with E-state index in [1.807, 2.05) is 13.8 Å². The van der Waals surface area contributed by atoms with Gasteiger partial charge < -0.3 is 5.73 Å². The van der Waals surface area contributed by atoms with Crippen molar-refractivity contribution in [3.8, 4) is 0 Å². The lowest BCUT2D eigenvalue weighted by atomic mass is 10.0. The molecule has 2 fully saturated rings. The van der Waals surface area contributed by atoms with Crippen molar-refractivity contribution in [2.24, 2.45) is 11.7 Å². The van der Waals surface area contributed by atoms with Gasteiger partial charge in [-0.15, -0.1) is 0 Å². The second kappa shape index (κ2) is 4.27. The first-order valence-electron chi connectivity index (χ1n) is 6.17. The summed E-state index contributed by atoms with van der Waals surface area (Å²) in [5.74, 6) is 0.467. The fourth-order valence-electron chi connectivity index (χ4n) is 3.14. The summed E-state index contributed by atoms with van der Waals surface area (Å²) in [5, 5.41) is 0. The van der Waals surface area contributed by atoms with Gasteiger partial charge in [0.2, 0.25) is 10.0 Å². The molecule has 0 radical (unpaired) electrons. The molecule has 2 aliphatic rings. The Bertz CT molecular complexity index is 339. The molecular formula is C11H22N2O2S. The van der Waals surface area contributed by atoms with E-state index in [9.17, 15) is 8.42 Å². The van der Waals surface area contributed by atoms with Gasteiger partial charge in [0.25, 0.3) is 0 Å². The van der Waals surface area contributed by atoms with Gasteiger partial charge in [-0.3, -0.25) is 0 Å². The molecule has 2 heterocycles. The topological polar surface area (TPSA) is 63.4 Å². The second-order valence-electron chi connectivity index (χ2n) is 5.62. The van der Waals surface area contributed by atoms with Gasteiger partial charge >= 0.3 is 0 Å². The highest BCUT2D eigenvalue weighted by Crippen LogP contribution is 2.37. The Morgan fingerprint density at radius 2 is 1.75 bits per heavy atom. The second-order valence-corrected chi connectivity index (χ2v) is 7.54. The lowest BCUT2D eigenvalue weighted by Crippen LogP contribution is -2.51. The molecule has 16 heavy (non-hydrogen) atoms. The van der Waals surface area contributed by atoms with E-state index >= 15 is 0 Å². The smallest absolute Gasteiger partial charge is 0.214 e. The van der Waals surface area contributed by atoms with Gasteiger partial charge in [0, 0.05) is 18.1 Å². The molecule has 0 saturated carbocycles. The zero-order chi connectivity index (χ0) is 11.9. The minimum Gasteiger partial charge on any atom is -0.328 e. The SMILES string of the molecule is CC(C)CS(=O)(=O)N1C2CCC1CC(N)C2. The molecule has 4 nitrogen and oxygen atoms in total. The highest BCUT2D eigenvalue weighted by Gasteiger charge is 2.45. The molecule has 0 aromatic rings. The molecule has 0 amide bonds. The Balaban J connectivity index is 2.17. The lowest BCUT2D eigenvalue weighted by molar-refractivity contribution is 0.226. The van der Waals surface area contributed by atoms with Crippen molar-refractivity contribution >= 4 is 10.0 Å². The molecule has 5 heteroatoms. The number of sulfonamides is 1. The Hall–Kier alpha value is -0.130. The van der Waals surface area contributed by atoms with Crippen molar-refractivity contribution in [1.82, 2.24) is 4.31 Å². The highest BCUT2D eigenvalue weighted by molar-refractivity contribution is 7.89. The predicted molar refractivity (Wildman–Crippen MR) is 64.5 cm³/mol. The van der Waals surface area contributed by atoms with Crippen molar-refractivity contribution in [1.29, 1.82) is 0 Å². The van der Waals surface area contributed by atoms with E-state index in [4.69, 9.17) is 5.73 Å². The molecule has 2 rings (SSSR count). The number of hydrogen-bond donors (Lipinski definition) is 1. The average molecular weight is 246 g/mol. The molecule has 2 bridgehead atoms. The fraction of sp³-hybridized carbons (Fsp3) is 1.00. The van der Waals surface area contributed by atoms with Crippen LogP contribution in [0.4, 0.5) is 0 Å². The number of piperidine rings is 1. The first-order chi connectivity index (χ1) is 7.40. The molecule has 2 aliphatic heterocycles. The van der Waals surface area contributed by atoms with Crippen molar-refractivity contribution in [3.05, 3.63) is 0 Å². The van der Waals surface area contributed by atoms with Crippen molar-refractivity contribution in [2.75, 3.05) is 5.75 Å². The van der Waals surface area contributed by atoms with Crippen molar-refractivity contribution in [3.63, 3.8) is 0 Å². The molecule has 0 aromatic carbocycles. The van der Waals surface area contributed by atoms with Gasteiger partial charge in [-0.25, -0.2) is 8.42 Å². The van der Waals surface area contributed by atoms with E-state index < -0.39 is 10.0 Å². The summed E-state index contributed by atoms with van der Waals surface area (Å²) >= 11 is 0. The molecule has 0 spiro atoms. The average Bonchev–Trinajstić information content (AvgIpc) is 2.38. The van der Waals surface area contributed by atoms with Crippen LogP contribution >= 0.6 is 0 Å². The van der Waals surface area contributed by atoms with Crippen molar-refractivity contribution in [2.45, 2.75) is 57.7 Å². The third-order valence-electron chi connectivity index (χ3n) is 3.57. The van der Waals surface area contributed by atoms with Crippen LogP contribution in [-0.4, -0.2) is 36.6 Å². The van der Waals surface area contributed by atoms with E-state index in [2.05, 4.69) is 0 Å². The quantitative estimate of drug-likeness (QED) is 0.805. The zero-order valence-electron chi connectivity index (χ0n) is 10.1. The summed E-state index contributed by atoms with van der Waals surface area (Å²) in [7, 11) is -3.06. The minimum atomic E-state index is -3.06. The Morgan fingerprint density at radius 3 is 2.19 bits per heavy atom. The number of hydrogen-bond acceptors (Lipinski definition) is 3. The van der Waals surface area contributed by atoms with Crippen LogP contribution in [0.5, 0.6) is 0 Å². The van der Waals surface area contributed by atoms with Crippen LogP contribution in [-0.2, 0) is 10.0 Å². The summed E-state index contributed by atoms with van der Waals surface area (Å²) in [6.45, 7) is 3.91. The normalized spacial score (nSPS) is 35.9. The summed E-state index contributed by atoms with van der Waals surface area (Å²) in [5.41, 5.74) is 5.94. The van der Waals surface area contributed by atoms with Crippen LogP contribution in [0.1, 0.15) is 39.5 Å². The van der Waals surface area contributed by atoms with Gasteiger partial charge in [-0.1, -0.05) is 13.8 Å². The fourth-order valence-corrected chi connectivity index (χ4v) is 5.44. The molecule has 0 aliphatic carbocycles. The van der Waals surface area contributed by atoms with Gasteiger partial charge in [0.05, 0.1) is 5.75 Å². The molecule has 2 atom stereocenters. The van der Waals surface area contributed by atoms with Gasteiger partial charge in [0.15, 0.2) is 0 Å². The number of nitrogens with two attached hydrogens (primary N) is 1. The standard InChI is InChI=1S/C11H22N2O2S/c1-8(2)7-16(14,15)13-10-3-4-11(13)6-9(12)5-10/h8-11H,3-7,12H2,1-2H3. The monoisotopic (exact) mass is 246 g/mol. The van der Waals surface area contributed by atoms with E-state index in [1.165, 1.54) is 0 Å². The van der Waals surface area contributed by atoms with Gasteiger partial charge in [0.1, 0.15) is 0 Å². The number of rotatable bonds is 3. The molecular weight excluding hydrogens is 224 g/mol. The van der Waals surface area contributed by atoms with Crippen LogP contribution in [0.3, 0.4) is 0 Å². The summed E-state index contributed by atoms with van der Waals surface area (Å²) in [6, 6.07) is 0.554. The number of fused-ring (bicyclic) bond motifs is 2. The maximum Gasteiger partial charge on any atom is 0.214 e. The zero-order valence-corrected chi connectivity index (χ0v) is 10.9. The van der Waals surface area contributed by atoms with Gasteiger partial charge in [-0.2, -0.15) is 4.31 Å². The van der Waals surface area contributed by atoms with E-state index in [0.717, 1.165) is 25.7 Å². The van der Waals surface area contributed by atoms with Crippen molar-refractivity contribution < 1.29 is 8.42 Å². The molecule has 2 N–H and O–H groups in total. The lowest BCUT2D eigenvalue weighted by Gasteiger charge is -2.36.